The van der Waals surface area contributed by atoms with Crippen molar-refractivity contribution in [1.29, 1.82) is 0 Å². The molecule has 1 aromatic carbocycles. The van der Waals surface area contributed by atoms with Gasteiger partial charge in [0.25, 0.3) is 5.91 Å². The molecule has 4 rings (SSSR count). The highest BCUT2D eigenvalue weighted by Gasteiger charge is 2.61. The minimum atomic E-state index is -0.968. The van der Waals surface area contributed by atoms with Crippen molar-refractivity contribution in [3.8, 4) is 0 Å². The first-order valence-corrected chi connectivity index (χ1v) is 9.53. The average molecular weight is 458 g/mol. The highest BCUT2D eigenvalue weighted by molar-refractivity contribution is 14.1. The van der Waals surface area contributed by atoms with Crippen LogP contribution in [-0.4, -0.2) is 52.7 Å². The standard InChI is InChI=1S/C18H20FIN2O3/c1-17(25)5-11(6-17)21-15(23)8-22-9-18(7-14(18)19)13-4-10(20)2-3-12(13)16(22)24/h2-4,11,14,25H,5-9H2,1H3,(H,21,23)/t11?,14-,17?,18+/m0/s1. The molecule has 134 valence electrons. The van der Waals surface area contributed by atoms with E-state index in [2.05, 4.69) is 27.9 Å². The summed E-state index contributed by atoms with van der Waals surface area (Å²) in [7, 11) is 0. The normalized spacial score (nSPS) is 36.0. The Morgan fingerprint density at radius 3 is 2.72 bits per heavy atom. The molecule has 5 nitrogen and oxygen atoms in total. The second-order valence-corrected chi connectivity index (χ2v) is 9.09. The Morgan fingerprint density at radius 1 is 1.44 bits per heavy atom. The molecule has 2 fully saturated rings. The van der Waals surface area contributed by atoms with Crippen molar-refractivity contribution in [3.63, 3.8) is 0 Å². The van der Waals surface area contributed by atoms with Crippen LogP contribution in [0.4, 0.5) is 4.39 Å². The number of hydrogen-bond acceptors (Lipinski definition) is 3. The molecular weight excluding hydrogens is 438 g/mol. The number of amides is 2. The zero-order chi connectivity index (χ0) is 18.0. The summed E-state index contributed by atoms with van der Waals surface area (Å²) >= 11 is 2.16. The molecular formula is C18H20FIN2O3. The van der Waals surface area contributed by atoms with Crippen molar-refractivity contribution in [2.75, 3.05) is 13.1 Å². The number of fused-ring (bicyclic) bond motifs is 2. The van der Waals surface area contributed by atoms with Gasteiger partial charge in [-0.2, -0.15) is 0 Å². The maximum atomic E-state index is 14.2. The van der Waals surface area contributed by atoms with E-state index in [1.54, 1.807) is 13.0 Å². The first-order chi connectivity index (χ1) is 11.7. The van der Waals surface area contributed by atoms with Crippen molar-refractivity contribution in [2.45, 2.75) is 49.4 Å². The third-order valence-electron chi connectivity index (χ3n) is 5.56. The second kappa shape index (κ2) is 5.64. The van der Waals surface area contributed by atoms with Gasteiger partial charge in [-0.25, -0.2) is 4.39 Å². The summed E-state index contributed by atoms with van der Waals surface area (Å²) in [6, 6.07) is 5.40. The number of nitrogens with zero attached hydrogens (tertiary/aromatic N) is 1. The number of rotatable bonds is 3. The van der Waals surface area contributed by atoms with Gasteiger partial charge in [0.05, 0.1) is 12.1 Å². The molecule has 1 spiro atoms. The summed E-state index contributed by atoms with van der Waals surface area (Å²) in [6.45, 7) is 1.91. The van der Waals surface area contributed by atoms with Gasteiger partial charge in [0.15, 0.2) is 0 Å². The van der Waals surface area contributed by atoms with Crippen molar-refractivity contribution in [1.82, 2.24) is 10.2 Å². The van der Waals surface area contributed by atoms with E-state index >= 15 is 0 Å². The van der Waals surface area contributed by atoms with Crippen LogP contribution >= 0.6 is 22.6 Å². The molecule has 0 radical (unpaired) electrons. The molecule has 7 heteroatoms. The highest BCUT2D eigenvalue weighted by atomic mass is 127. The minimum Gasteiger partial charge on any atom is -0.390 e. The second-order valence-electron chi connectivity index (χ2n) is 7.85. The van der Waals surface area contributed by atoms with Crippen LogP contribution in [0.5, 0.6) is 0 Å². The molecule has 3 aliphatic rings. The van der Waals surface area contributed by atoms with Crippen LogP contribution in [0, 0.1) is 3.57 Å². The van der Waals surface area contributed by atoms with Crippen LogP contribution in [0.15, 0.2) is 18.2 Å². The number of carbonyl (C=O) groups is 2. The smallest absolute Gasteiger partial charge is 0.254 e. The Balaban J connectivity index is 1.49. The molecule has 2 atom stereocenters. The van der Waals surface area contributed by atoms with Gasteiger partial charge in [0, 0.05) is 27.1 Å². The Labute approximate surface area is 159 Å². The van der Waals surface area contributed by atoms with Gasteiger partial charge in [-0.15, -0.1) is 0 Å². The first-order valence-electron chi connectivity index (χ1n) is 8.45. The van der Waals surface area contributed by atoms with E-state index in [0.717, 1.165) is 9.13 Å². The molecule has 0 bridgehead atoms. The van der Waals surface area contributed by atoms with E-state index in [9.17, 15) is 19.1 Å². The number of aliphatic hydroxyl groups is 1. The van der Waals surface area contributed by atoms with Gasteiger partial charge < -0.3 is 15.3 Å². The van der Waals surface area contributed by atoms with E-state index in [1.165, 1.54) is 4.90 Å². The molecule has 0 unspecified atom stereocenters. The quantitative estimate of drug-likeness (QED) is 0.679. The van der Waals surface area contributed by atoms with Gasteiger partial charge >= 0.3 is 0 Å². The number of halogens is 2. The third kappa shape index (κ3) is 2.95. The Bertz CT molecular complexity index is 761. The van der Waals surface area contributed by atoms with Crippen LogP contribution < -0.4 is 5.32 Å². The molecule has 1 heterocycles. The zero-order valence-electron chi connectivity index (χ0n) is 13.9. The van der Waals surface area contributed by atoms with Crippen LogP contribution in [0.2, 0.25) is 0 Å². The fourth-order valence-electron chi connectivity index (χ4n) is 4.16. The number of carbonyl (C=O) groups excluding carboxylic acids is 2. The average Bonchev–Trinajstić information content (AvgIpc) is 3.13. The van der Waals surface area contributed by atoms with Crippen molar-refractivity contribution >= 4 is 34.4 Å². The van der Waals surface area contributed by atoms with E-state index in [4.69, 9.17) is 0 Å². The van der Waals surface area contributed by atoms with Crippen molar-refractivity contribution < 1.29 is 19.1 Å². The summed E-state index contributed by atoms with van der Waals surface area (Å²) < 4.78 is 15.2. The molecule has 2 saturated carbocycles. The maximum Gasteiger partial charge on any atom is 0.254 e. The van der Waals surface area contributed by atoms with Crippen LogP contribution in [0.3, 0.4) is 0 Å². The lowest BCUT2D eigenvalue weighted by Gasteiger charge is -2.41. The van der Waals surface area contributed by atoms with E-state index in [0.29, 0.717) is 24.8 Å². The number of hydrogen-bond donors (Lipinski definition) is 2. The fraction of sp³-hybridized carbons (Fsp3) is 0.556. The predicted molar refractivity (Wildman–Crippen MR) is 98.0 cm³/mol. The number of alkyl halides is 1. The van der Waals surface area contributed by atoms with Crippen LogP contribution in [0.25, 0.3) is 0 Å². The fourth-order valence-corrected chi connectivity index (χ4v) is 4.66. The van der Waals surface area contributed by atoms with E-state index < -0.39 is 17.2 Å². The van der Waals surface area contributed by atoms with Gasteiger partial charge in [0.2, 0.25) is 5.91 Å². The molecule has 1 aliphatic heterocycles. The highest BCUT2D eigenvalue weighted by Crippen LogP contribution is 2.54. The molecule has 2 aliphatic carbocycles. The summed E-state index contributed by atoms with van der Waals surface area (Å²) in [5.74, 6) is -0.471. The number of nitrogens with one attached hydrogen (secondary N) is 1. The van der Waals surface area contributed by atoms with Gasteiger partial charge in [0.1, 0.15) is 6.17 Å². The summed E-state index contributed by atoms with van der Waals surface area (Å²) in [5.41, 5.74) is -0.0749. The largest absolute Gasteiger partial charge is 0.390 e. The molecule has 1 aromatic rings. The lowest BCUT2D eigenvalue weighted by molar-refractivity contribution is -0.125. The summed E-state index contributed by atoms with van der Waals surface area (Å²) in [4.78, 5) is 26.5. The van der Waals surface area contributed by atoms with Gasteiger partial charge in [-0.3, -0.25) is 9.59 Å². The van der Waals surface area contributed by atoms with E-state index in [1.807, 2.05) is 12.1 Å². The maximum absolute atomic E-state index is 14.2. The summed E-state index contributed by atoms with van der Waals surface area (Å²) in [5, 5.41) is 12.6. The van der Waals surface area contributed by atoms with Gasteiger partial charge in [-0.1, -0.05) is 0 Å². The lowest BCUT2D eigenvalue weighted by Crippen LogP contribution is -2.56. The SMILES string of the molecule is CC1(O)CC(NC(=O)CN2C[C@]3(C[C@@H]3F)c3cc(I)ccc3C2=O)C1. The molecule has 2 amide bonds. The monoisotopic (exact) mass is 458 g/mol. The molecule has 0 aromatic heterocycles. The Hall–Kier alpha value is -1.22. The third-order valence-corrected chi connectivity index (χ3v) is 6.23. The molecule has 0 saturated heterocycles. The predicted octanol–water partition coefficient (Wildman–Crippen LogP) is 1.76. The minimum absolute atomic E-state index is 0.0555. The van der Waals surface area contributed by atoms with Gasteiger partial charge in [-0.05, 0) is 72.5 Å². The topological polar surface area (TPSA) is 69.6 Å². The van der Waals surface area contributed by atoms with Crippen molar-refractivity contribution in [2.24, 2.45) is 0 Å². The molecule has 2 N–H and O–H groups in total. The summed E-state index contributed by atoms with van der Waals surface area (Å²) in [6.07, 6.45) is 0.469. The Morgan fingerprint density at radius 2 is 2.12 bits per heavy atom. The first kappa shape index (κ1) is 17.2. The van der Waals surface area contributed by atoms with Crippen molar-refractivity contribution in [3.05, 3.63) is 32.9 Å². The van der Waals surface area contributed by atoms with Crippen LogP contribution in [0.1, 0.15) is 42.1 Å². The Kier molecular flexibility index (Phi) is 3.88. The van der Waals surface area contributed by atoms with Crippen LogP contribution in [-0.2, 0) is 10.2 Å². The lowest BCUT2D eigenvalue weighted by atomic mass is 9.77. The number of benzene rings is 1. The van der Waals surface area contributed by atoms with E-state index in [-0.39, 0.29) is 30.9 Å². The molecule has 25 heavy (non-hydrogen) atoms. The zero-order valence-corrected chi connectivity index (χ0v) is 16.0.